The fraction of sp³-hybridized carbons (Fsp3) is 0.143. The van der Waals surface area contributed by atoms with Crippen LogP contribution in [0.2, 0.25) is 5.02 Å². The summed E-state index contributed by atoms with van der Waals surface area (Å²) in [6.45, 7) is 0.102. The lowest BCUT2D eigenvalue weighted by Gasteiger charge is -2.09. The van der Waals surface area contributed by atoms with E-state index in [1.165, 1.54) is 6.07 Å². The highest BCUT2D eigenvalue weighted by atomic mass is 79.9. The Bertz CT molecular complexity index is 634. The Hall–Kier alpha value is -1.59. The molecule has 104 valence electrons. The van der Waals surface area contributed by atoms with Gasteiger partial charge in [-0.15, -0.1) is 0 Å². The SMILES string of the molecule is O=[N+]([O-])c1ccccc1COc1ccc(CBr)cc1Cl. The number of rotatable bonds is 5. The third kappa shape index (κ3) is 3.49. The first kappa shape index (κ1) is 14.8. The van der Waals surface area contributed by atoms with Crippen LogP contribution in [0.15, 0.2) is 42.5 Å². The highest BCUT2D eigenvalue weighted by molar-refractivity contribution is 9.08. The fourth-order valence-electron chi connectivity index (χ4n) is 1.71. The summed E-state index contributed by atoms with van der Waals surface area (Å²) in [7, 11) is 0. The number of nitrogens with zero attached hydrogens (tertiary/aromatic N) is 1. The molecule has 0 saturated carbocycles. The van der Waals surface area contributed by atoms with Crippen molar-refractivity contribution in [3.05, 3.63) is 68.7 Å². The number of hydrogen-bond donors (Lipinski definition) is 0. The minimum absolute atomic E-state index is 0.0423. The zero-order chi connectivity index (χ0) is 14.5. The van der Waals surface area contributed by atoms with Crippen LogP contribution in [0, 0.1) is 10.1 Å². The van der Waals surface area contributed by atoms with Crippen LogP contribution >= 0.6 is 27.5 Å². The molecule has 2 aromatic carbocycles. The van der Waals surface area contributed by atoms with Crippen LogP contribution in [-0.2, 0) is 11.9 Å². The number of benzene rings is 2. The van der Waals surface area contributed by atoms with Gasteiger partial charge in [0, 0.05) is 11.4 Å². The van der Waals surface area contributed by atoms with Crippen LogP contribution in [0.4, 0.5) is 5.69 Å². The first-order valence-corrected chi connectivity index (χ1v) is 7.31. The topological polar surface area (TPSA) is 52.4 Å². The Kier molecular flexibility index (Phi) is 4.98. The summed E-state index contributed by atoms with van der Waals surface area (Å²) in [6, 6.07) is 11.9. The van der Waals surface area contributed by atoms with Gasteiger partial charge in [-0.2, -0.15) is 0 Å². The Labute approximate surface area is 129 Å². The van der Waals surface area contributed by atoms with Crippen LogP contribution in [-0.4, -0.2) is 4.92 Å². The van der Waals surface area contributed by atoms with E-state index in [1.54, 1.807) is 30.3 Å². The van der Waals surface area contributed by atoms with Crippen LogP contribution in [0.1, 0.15) is 11.1 Å². The molecule has 2 rings (SSSR count). The minimum Gasteiger partial charge on any atom is -0.487 e. The largest absolute Gasteiger partial charge is 0.487 e. The molecule has 0 fully saturated rings. The Morgan fingerprint density at radius 2 is 2.00 bits per heavy atom. The molecule has 0 saturated heterocycles. The molecule has 0 bridgehead atoms. The van der Waals surface area contributed by atoms with E-state index < -0.39 is 4.92 Å². The number of para-hydroxylation sites is 1. The van der Waals surface area contributed by atoms with E-state index in [1.807, 2.05) is 6.07 Å². The fourth-order valence-corrected chi connectivity index (χ4v) is 2.32. The van der Waals surface area contributed by atoms with Crippen molar-refractivity contribution < 1.29 is 9.66 Å². The Balaban J connectivity index is 2.15. The van der Waals surface area contributed by atoms with E-state index >= 15 is 0 Å². The molecule has 4 nitrogen and oxygen atoms in total. The molecule has 2 aromatic rings. The molecule has 0 aliphatic carbocycles. The molecule has 0 radical (unpaired) electrons. The van der Waals surface area contributed by atoms with Gasteiger partial charge < -0.3 is 4.74 Å². The summed E-state index contributed by atoms with van der Waals surface area (Å²) in [5.41, 5.74) is 1.59. The number of ether oxygens (including phenoxy) is 1. The molecular formula is C14H11BrClNO3. The summed E-state index contributed by atoms with van der Waals surface area (Å²) < 4.78 is 5.56. The summed E-state index contributed by atoms with van der Waals surface area (Å²) in [4.78, 5) is 10.5. The van der Waals surface area contributed by atoms with Gasteiger partial charge in [-0.1, -0.05) is 45.7 Å². The van der Waals surface area contributed by atoms with Crippen molar-refractivity contribution in [3.63, 3.8) is 0 Å². The minimum atomic E-state index is -0.422. The zero-order valence-corrected chi connectivity index (χ0v) is 12.7. The number of hydrogen-bond acceptors (Lipinski definition) is 3. The van der Waals surface area contributed by atoms with E-state index in [2.05, 4.69) is 15.9 Å². The molecule has 6 heteroatoms. The van der Waals surface area contributed by atoms with Crippen LogP contribution < -0.4 is 4.74 Å². The summed E-state index contributed by atoms with van der Waals surface area (Å²) in [6.07, 6.45) is 0. The lowest BCUT2D eigenvalue weighted by molar-refractivity contribution is -0.385. The zero-order valence-electron chi connectivity index (χ0n) is 10.4. The maximum absolute atomic E-state index is 10.9. The van der Waals surface area contributed by atoms with Crippen molar-refractivity contribution in [2.24, 2.45) is 0 Å². The van der Waals surface area contributed by atoms with Crippen LogP contribution in [0.5, 0.6) is 5.75 Å². The van der Waals surface area contributed by atoms with Crippen molar-refractivity contribution in [1.82, 2.24) is 0 Å². The molecule has 0 heterocycles. The van der Waals surface area contributed by atoms with Crippen molar-refractivity contribution in [2.75, 3.05) is 0 Å². The Morgan fingerprint density at radius 1 is 1.25 bits per heavy atom. The molecule has 0 N–H and O–H groups in total. The van der Waals surface area contributed by atoms with Crippen molar-refractivity contribution in [2.45, 2.75) is 11.9 Å². The summed E-state index contributed by atoms with van der Waals surface area (Å²) in [5.74, 6) is 0.509. The molecule has 0 aliphatic rings. The Morgan fingerprint density at radius 3 is 2.65 bits per heavy atom. The molecule has 0 spiro atoms. The number of halogens is 2. The second kappa shape index (κ2) is 6.72. The van der Waals surface area contributed by atoms with Gasteiger partial charge in [-0.25, -0.2) is 0 Å². The van der Waals surface area contributed by atoms with Gasteiger partial charge in [0.05, 0.1) is 15.5 Å². The third-order valence-corrected chi connectivity index (χ3v) is 3.66. The molecule has 0 unspecified atom stereocenters. The smallest absolute Gasteiger partial charge is 0.276 e. The maximum atomic E-state index is 10.9. The molecule has 0 aliphatic heterocycles. The molecular weight excluding hydrogens is 346 g/mol. The first-order chi connectivity index (χ1) is 9.61. The van der Waals surface area contributed by atoms with Gasteiger partial charge >= 0.3 is 0 Å². The normalized spacial score (nSPS) is 10.3. The first-order valence-electron chi connectivity index (χ1n) is 5.81. The predicted molar refractivity (Wildman–Crippen MR) is 81.5 cm³/mol. The highest BCUT2D eigenvalue weighted by Gasteiger charge is 2.13. The van der Waals surface area contributed by atoms with E-state index in [9.17, 15) is 10.1 Å². The average molecular weight is 357 g/mol. The van der Waals surface area contributed by atoms with Crippen molar-refractivity contribution in [3.8, 4) is 5.75 Å². The maximum Gasteiger partial charge on any atom is 0.276 e. The lowest BCUT2D eigenvalue weighted by Crippen LogP contribution is -2.00. The number of nitro benzene ring substituents is 1. The molecule has 0 amide bonds. The molecule has 0 atom stereocenters. The molecule has 20 heavy (non-hydrogen) atoms. The third-order valence-electron chi connectivity index (χ3n) is 2.72. The second-order valence-corrected chi connectivity index (χ2v) is 5.04. The van der Waals surface area contributed by atoms with E-state index in [0.29, 0.717) is 21.7 Å². The van der Waals surface area contributed by atoms with Crippen LogP contribution in [0.3, 0.4) is 0 Å². The monoisotopic (exact) mass is 355 g/mol. The number of alkyl halides is 1. The van der Waals surface area contributed by atoms with E-state index in [-0.39, 0.29) is 12.3 Å². The second-order valence-electron chi connectivity index (χ2n) is 4.07. The van der Waals surface area contributed by atoms with Crippen LogP contribution in [0.25, 0.3) is 0 Å². The standard InChI is InChI=1S/C14H11BrClNO3/c15-8-10-5-6-14(12(16)7-10)20-9-11-3-1-2-4-13(11)17(18)19/h1-7H,8-9H2. The van der Waals surface area contributed by atoms with E-state index in [0.717, 1.165) is 5.56 Å². The quantitative estimate of drug-likeness (QED) is 0.442. The van der Waals surface area contributed by atoms with E-state index in [4.69, 9.17) is 16.3 Å². The van der Waals surface area contributed by atoms with Gasteiger partial charge in [0.2, 0.25) is 0 Å². The van der Waals surface area contributed by atoms with Crippen molar-refractivity contribution >= 4 is 33.2 Å². The number of nitro groups is 1. The average Bonchev–Trinajstić information content (AvgIpc) is 2.46. The molecule has 0 aromatic heterocycles. The predicted octanol–water partition coefficient (Wildman–Crippen LogP) is 4.72. The van der Waals surface area contributed by atoms with Crippen molar-refractivity contribution in [1.29, 1.82) is 0 Å². The van der Waals surface area contributed by atoms with Gasteiger partial charge in [-0.05, 0) is 23.8 Å². The van der Waals surface area contributed by atoms with Gasteiger partial charge in [-0.3, -0.25) is 10.1 Å². The highest BCUT2D eigenvalue weighted by Crippen LogP contribution is 2.28. The summed E-state index contributed by atoms with van der Waals surface area (Å²) >= 11 is 9.44. The van der Waals surface area contributed by atoms with Gasteiger partial charge in [0.1, 0.15) is 12.4 Å². The lowest BCUT2D eigenvalue weighted by atomic mass is 10.2. The summed E-state index contributed by atoms with van der Waals surface area (Å²) in [5, 5.41) is 12.1. The van der Waals surface area contributed by atoms with Gasteiger partial charge in [0.15, 0.2) is 0 Å². The van der Waals surface area contributed by atoms with Gasteiger partial charge in [0.25, 0.3) is 5.69 Å².